The van der Waals surface area contributed by atoms with Crippen molar-refractivity contribution in [1.29, 1.82) is 0 Å². The third kappa shape index (κ3) is 2.56. The van der Waals surface area contributed by atoms with Crippen LogP contribution in [0.2, 0.25) is 5.02 Å². The van der Waals surface area contributed by atoms with Crippen molar-refractivity contribution >= 4 is 23.0 Å². The topological polar surface area (TPSA) is 70.5 Å². The van der Waals surface area contributed by atoms with Crippen LogP contribution in [-0.4, -0.2) is 19.3 Å². The molecule has 1 aliphatic rings. The van der Waals surface area contributed by atoms with Gasteiger partial charge in [-0.2, -0.15) is 0 Å². The van der Waals surface area contributed by atoms with Gasteiger partial charge in [0.15, 0.2) is 11.6 Å². The second kappa shape index (κ2) is 4.98. The van der Waals surface area contributed by atoms with E-state index >= 15 is 0 Å². The number of hydrogen-bond acceptors (Lipinski definition) is 4. The molecule has 17 heavy (non-hydrogen) atoms. The van der Waals surface area contributed by atoms with Crippen LogP contribution in [0.5, 0.6) is 5.75 Å². The Labute approximate surface area is 104 Å². The molecule has 2 rings (SSSR count). The van der Waals surface area contributed by atoms with E-state index in [-0.39, 0.29) is 34.9 Å². The Kier molecular flexibility index (Phi) is 3.59. The summed E-state index contributed by atoms with van der Waals surface area (Å²) in [5, 5.41) is -0.165. The van der Waals surface area contributed by atoms with Crippen LogP contribution in [0.25, 0.3) is 0 Å². The van der Waals surface area contributed by atoms with Gasteiger partial charge in [-0.05, 0) is 18.9 Å². The predicted octanol–water partition coefficient (Wildman–Crippen LogP) is 2.20. The molecular formula is C11H14ClFN2O2. The molecule has 0 amide bonds. The molecule has 1 fully saturated rings. The van der Waals surface area contributed by atoms with Crippen LogP contribution in [0.1, 0.15) is 12.8 Å². The fourth-order valence-electron chi connectivity index (χ4n) is 1.75. The van der Waals surface area contributed by atoms with Crippen LogP contribution in [-0.2, 0) is 4.74 Å². The minimum atomic E-state index is -0.720. The van der Waals surface area contributed by atoms with Gasteiger partial charge in [0, 0.05) is 6.61 Å². The van der Waals surface area contributed by atoms with Gasteiger partial charge >= 0.3 is 0 Å². The van der Waals surface area contributed by atoms with E-state index in [9.17, 15) is 4.39 Å². The maximum atomic E-state index is 13.7. The molecule has 4 nitrogen and oxygen atoms in total. The molecule has 1 saturated heterocycles. The first kappa shape index (κ1) is 12.3. The van der Waals surface area contributed by atoms with Gasteiger partial charge in [-0.15, -0.1) is 0 Å². The Balaban J connectivity index is 2.12. The van der Waals surface area contributed by atoms with E-state index in [1.807, 2.05) is 0 Å². The number of benzene rings is 1. The summed E-state index contributed by atoms with van der Waals surface area (Å²) in [6.07, 6.45) is 1.89. The lowest BCUT2D eigenvalue weighted by molar-refractivity contribution is 0.0669. The zero-order valence-corrected chi connectivity index (χ0v) is 9.97. The summed E-state index contributed by atoms with van der Waals surface area (Å²) in [6.45, 7) is 0.982. The van der Waals surface area contributed by atoms with Crippen molar-refractivity contribution in [3.8, 4) is 5.75 Å². The molecule has 1 unspecified atom stereocenters. The van der Waals surface area contributed by atoms with E-state index in [1.165, 1.54) is 6.07 Å². The third-order valence-corrected chi connectivity index (χ3v) is 3.04. The average Bonchev–Trinajstić information content (AvgIpc) is 2.79. The van der Waals surface area contributed by atoms with Crippen LogP contribution < -0.4 is 16.2 Å². The zero-order valence-electron chi connectivity index (χ0n) is 9.21. The molecule has 1 atom stereocenters. The van der Waals surface area contributed by atoms with Gasteiger partial charge in [0.2, 0.25) is 0 Å². The monoisotopic (exact) mass is 260 g/mol. The van der Waals surface area contributed by atoms with E-state index < -0.39 is 5.82 Å². The minimum absolute atomic E-state index is 0.00914. The molecular weight excluding hydrogens is 247 g/mol. The highest BCUT2D eigenvalue weighted by atomic mass is 35.5. The number of nitrogen functional groups attached to an aromatic ring is 2. The third-order valence-electron chi connectivity index (χ3n) is 2.66. The Morgan fingerprint density at radius 1 is 1.47 bits per heavy atom. The molecule has 6 heteroatoms. The van der Waals surface area contributed by atoms with Crippen LogP contribution in [0, 0.1) is 5.82 Å². The van der Waals surface area contributed by atoms with Crippen LogP contribution in [0.4, 0.5) is 15.8 Å². The number of nitrogens with two attached hydrogens (primary N) is 2. The first-order valence-electron chi connectivity index (χ1n) is 5.37. The van der Waals surface area contributed by atoms with Gasteiger partial charge in [-0.3, -0.25) is 0 Å². The summed E-state index contributed by atoms with van der Waals surface area (Å²) in [7, 11) is 0. The fraction of sp³-hybridized carbons (Fsp3) is 0.455. The van der Waals surface area contributed by atoms with E-state index in [4.69, 9.17) is 32.5 Å². The van der Waals surface area contributed by atoms with Crippen LogP contribution >= 0.6 is 11.6 Å². The summed E-state index contributed by atoms with van der Waals surface area (Å²) in [5.41, 5.74) is 11.4. The quantitative estimate of drug-likeness (QED) is 0.818. The number of ether oxygens (including phenoxy) is 2. The smallest absolute Gasteiger partial charge is 0.187 e. The molecule has 1 aromatic carbocycles. The molecule has 0 radical (unpaired) electrons. The number of rotatable bonds is 3. The van der Waals surface area contributed by atoms with Crippen molar-refractivity contribution in [2.75, 3.05) is 24.7 Å². The lowest BCUT2D eigenvalue weighted by atomic mass is 10.2. The molecule has 4 N–H and O–H groups in total. The lowest BCUT2D eigenvalue weighted by Crippen LogP contribution is -2.17. The minimum Gasteiger partial charge on any atom is -0.486 e. The predicted molar refractivity (Wildman–Crippen MR) is 64.7 cm³/mol. The number of halogens is 2. The van der Waals surface area contributed by atoms with E-state index in [2.05, 4.69) is 0 Å². The van der Waals surface area contributed by atoms with Crippen molar-refractivity contribution in [3.05, 3.63) is 16.9 Å². The van der Waals surface area contributed by atoms with E-state index in [0.29, 0.717) is 6.61 Å². The highest BCUT2D eigenvalue weighted by Crippen LogP contribution is 2.35. The molecule has 1 heterocycles. The second-order valence-corrected chi connectivity index (χ2v) is 4.34. The standard InChI is InChI=1S/C11H14ClFN2O2/c12-9-7(14)4-8(15)11(10(9)13)17-5-6-2-1-3-16-6/h4,6H,1-3,5,14-15H2. The SMILES string of the molecule is Nc1cc(N)c(OCC2CCCO2)c(F)c1Cl. The van der Waals surface area contributed by atoms with Gasteiger partial charge in [0.05, 0.1) is 17.5 Å². The Hall–Kier alpha value is -1.20. The van der Waals surface area contributed by atoms with Gasteiger partial charge in [-0.25, -0.2) is 4.39 Å². The van der Waals surface area contributed by atoms with Crippen molar-refractivity contribution in [3.63, 3.8) is 0 Å². The van der Waals surface area contributed by atoms with Gasteiger partial charge < -0.3 is 20.9 Å². The lowest BCUT2D eigenvalue weighted by Gasteiger charge is -2.15. The van der Waals surface area contributed by atoms with Crippen molar-refractivity contribution in [2.24, 2.45) is 0 Å². The summed E-state index contributed by atoms with van der Waals surface area (Å²) >= 11 is 5.68. The van der Waals surface area contributed by atoms with Gasteiger partial charge in [0.25, 0.3) is 0 Å². The maximum absolute atomic E-state index is 13.7. The maximum Gasteiger partial charge on any atom is 0.187 e. The van der Waals surface area contributed by atoms with Crippen LogP contribution in [0.15, 0.2) is 6.07 Å². The molecule has 0 spiro atoms. The average molecular weight is 261 g/mol. The molecule has 1 aromatic rings. The fourth-order valence-corrected chi connectivity index (χ4v) is 1.89. The summed E-state index contributed by atoms with van der Waals surface area (Å²) < 4.78 is 24.4. The van der Waals surface area contributed by atoms with Crippen molar-refractivity contribution < 1.29 is 13.9 Å². The van der Waals surface area contributed by atoms with Crippen molar-refractivity contribution in [2.45, 2.75) is 18.9 Å². The Bertz CT molecular complexity index is 422. The van der Waals surface area contributed by atoms with Crippen LogP contribution in [0.3, 0.4) is 0 Å². The highest BCUT2D eigenvalue weighted by molar-refractivity contribution is 6.33. The Morgan fingerprint density at radius 2 is 2.24 bits per heavy atom. The first-order chi connectivity index (χ1) is 8.09. The summed E-state index contributed by atoms with van der Waals surface area (Å²) in [4.78, 5) is 0. The molecule has 0 saturated carbocycles. The Morgan fingerprint density at radius 3 is 2.88 bits per heavy atom. The largest absolute Gasteiger partial charge is 0.486 e. The summed E-state index contributed by atoms with van der Waals surface area (Å²) in [6, 6.07) is 1.39. The molecule has 0 bridgehead atoms. The molecule has 1 aliphatic heterocycles. The van der Waals surface area contributed by atoms with E-state index in [0.717, 1.165) is 12.8 Å². The van der Waals surface area contributed by atoms with Gasteiger partial charge in [0.1, 0.15) is 11.6 Å². The first-order valence-corrected chi connectivity index (χ1v) is 5.74. The van der Waals surface area contributed by atoms with E-state index in [1.54, 1.807) is 0 Å². The normalized spacial score (nSPS) is 19.5. The van der Waals surface area contributed by atoms with Gasteiger partial charge in [-0.1, -0.05) is 11.6 Å². The van der Waals surface area contributed by atoms with Crippen molar-refractivity contribution in [1.82, 2.24) is 0 Å². The molecule has 0 aromatic heterocycles. The summed E-state index contributed by atoms with van der Waals surface area (Å²) in [5.74, 6) is -0.776. The molecule has 0 aliphatic carbocycles. The second-order valence-electron chi connectivity index (χ2n) is 3.96. The zero-order chi connectivity index (χ0) is 12.4. The highest BCUT2D eigenvalue weighted by Gasteiger charge is 2.20. The number of hydrogen-bond donors (Lipinski definition) is 2. The molecule has 94 valence electrons. The number of anilines is 2.